The first-order chi connectivity index (χ1) is 13.6. The fourth-order valence-corrected chi connectivity index (χ4v) is 5.58. The Bertz CT molecular complexity index is 762. The summed E-state index contributed by atoms with van der Waals surface area (Å²) in [5, 5.41) is 12.1. The average molecular weight is 444 g/mol. The van der Waals surface area contributed by atoms with Crippen LogP contribution in [0.3, 0.4) is 0 Å². The van der Waals surface area contributed by atoms with Gasteiger partial charge in [0.25, 0.3) is 0 Å². The molecule has 0 saturated carbocycles. The molecule has 3 unspecified atom stereocenters. The van der Waals surface area contributed by atoms with Gasteiger partial charge in [0.1, 0.15) is 5.08 Å². The van der Waals surface area contributed by atoms with Crippen LogP contribution in [0, 0.1) is 24.7 Å². The molecule has 6 nitrogen and oxygen atoms in total. The Morgan fingerprint density at radius 2 is 1.76 bits per heavy atom. The van der Waals surface area contributed by atoms with Crippen molar-refractivity contribution in [3.8, 4) is 0 Å². The van der Waals surface area contributed by atoms with E-state index in [-0.39, 0.29) is 11.0 Å². The maximum absolute atomic E-state index is 12.3. The Morgan fingerprint density at radius 1 is 1.14 bits per heavy atom. The van der Waals surface area contributed by atoms with Crippen LogP contribution in [0.4, 0.5) is 0 Å². The fraction of sp³-hybridized carbons (Fsp3) is 0.619. The smallest absolute Gasteiger partial charge is 0.306 e. The van der Waals surface area contributed by atoms with Gasteiger partial charge in [-0.05, 0) is 37.8 Å². The lowest BCUT2D eigenvalue weighted by atomic mass is 9.87. The van der Waals surface area contributed by atoms with Crippen molar-refractivity contribution in [1.29, 1.82) is 0 Å². The minimum absolute atomic E-state index is 0.0442. The number of nitrogens with one attached hydrogen (secondary N) is 1. The number of carbonyl (C=O) groups excluding carboxylic acids is 1. The van der Waals surface area contributed by atoms with E-state index in [0.29, 0.717) is 36.0 Å². The van der Waals surface area contributed by atoms with E-state index >= 15 is 0 Å². The molecule has 1 aromatic rings. The zero-order valence-electron chi connectivity index (χ0n) is 17.7. The highest BCUT2D eigenvalue weighted by Crippen LogP contribution is 2.22. The van der Waals surface area contributed by atoms with Gasteiger partial charge in [0.2, 0.25) is 5.91 Å². The zero-order chi connectivity index (χ0) is 22.0. The molecule has 0 aliphatic carbocycles. The number of sulfone groups is 1. The van der Waals surface area contributed by atoms with Crippen LogP contribution in [0.2, 0.25) is 0 Å². The minimum Gasteiger partial charge on any atom is -0.481 e. The third-order valence-corrected chi connectivity index (χ3v) is 8.37. The molecule has 1 amide bonds. The number of carbonyl (C=O) groups is 2. The van der Waals surface area contributed by atoms with E-state index < -0.39 is 27.6 Å². The molecule has 0 heterocycles. The van der Waals surface area contributed by atoms with Crippen molar-refractivity contribution in [3.05, 3.63) is 29.8 Å². The van der Waals surface area contributed by atoms with Gasteiger partial charge in [-0.25, -0.2) is 8.42 Å². The van der Waals surface area contributed by atoms with E-state index in [4.69, 9.17) is 0 Å². The van der Waals surface area contributed by atoms with Crippen LogP contribution in [0.5, 0.6) is 0 Å². The first-order valence-electron chi connectivity index (χ1n) is 9.94. The highest BCUT2D eigenvalue weighted by atomic mass is 32.3. The first-order valence-corrected chi connectivity index (χ1v) is 12.7. The van der Waals surface area contributed by atoms with E-state index in [2.05, 4.69) is 5.32 Å². The van der Waals surface area contributed by atoms with Crippen LogP contribution < -0.4 is 5.32 Å². The number of carboxylic acid groups (broad SMARTS) is 1. The van der Waals surface area contributed by atoms with Crippen molar-refractivity contribution < 1.29 is 23.1 Å². The normalized spacial score (nSPS) is 14.8. The topological polar surface area (TPSA) is 101 Å². The van der Waals surface area contributed by atoms with Crippen LogP contribution in [0.1, 0.15) is 45.6 Å². The van der Waals surface area contributed by atoms with Gasteiger partial charge in [-0.1, -0.05) is 44.9 Å². The average Bonchev–Trinajstić information content (AvgIpc) is 2.66. The minimum atomic E-state index is -3.35. The standard InChI is InChI=1S/C21H33NO5S2/c1-5-15(2)12-18(21(24)25)13-17(4)20(23)22-10-11-28-14-29(26,27)19-8-6-16(3)7-9-19/h6-9,15,17-18H,5,10-14H2,1-4H3,(H,22,23)(H,24,25). The molecule has 2 N–H and O–H groups in total. The quantitative estimate of drug-likeness (QED) is 0.451. The maximum Gasteiger partial charge on any atom is 0.306 e. The predicted octanol–water partition coefficient (Wildman–Crippen LogP) is 3.74. The second-order valence-electron chi connectivity index (χ2n) is 7.67. The zero-order valence-corrected chi connectivity index (χ0v) is 19.3. The lowest BCUT2D eigenvalue weighted by molar-refractivity contribution is -0.143. The van der Waals surface area contributed by atoms with Gasteiger partial charge in [0, 0.05) is 18.2 Å². The Kier molecular flexibility index (Phi) is 10.7. The lowest BCUT2D eigenvalue weighted by Crippen LogP contribution is -2.33. The van der Waals surface area contributed by atoms with Crippen molar-refractivity contribution in [2.45, 2.75) is 51.9 Å². The van der Waals surface area contributed by atoms with E-state index in [1.807, 2.05) is 20.8 Å². The van der Waals surface area contributed by atoms with Crippen LogP contribution in [0.25, 0.3) is 0 Å². The summed E-state index contributed by atoms with van der Waals surface area (Å²) in [4.78, 5) is 24.0. The van der Waals surface area contributed by atoms with Gasteiger partial charge >= 0.3 is 5.97 Å². The number of hydrogen-bond acceptors (Lipinski definition) is 5. The van der Waals surface area contributed by atoms with Gasteiger partial charge in [0.15, 0.2) is 9.84 Å². The number of carboxylic acids is 1. The molecule has 8 heteroatoms. The predicted molar refractivity (Wildman–Crippen MR) is 118 cm³/mol. The molecule has 0 aliphatic rings. The number of thioether (sulfide) groups is 1. The highest BCUT2D eigenvalue weighted by Gasteiger charge is 2.25. The number of aryl methyl sites for hydroxylation is 1. The highest BCUT2D eigenvalue weighted by molar-refractivity contribution is 8.12. The third-order valence-electron chi connectivity index (χ3n) is 4.98. The number of benzene rings is 1. The summed E-state index contributed by atoms with van der Waals surface area (Å²) in [6.07, 6.45) is 1.78. The molecule has 0 saturated heterocycles. The second kappa shape index (κ2) is 12.2. The Balaban J connectivity index is 2.38. The number of hydrogen-bond donors (Lipinski definition) is 2. The molecule has 0 aliphatic heterocycles. The second-order valence-corrected chi connectivity index (χ2v) is 11.1. The SMILES string of the molecule is CCC(C)CC(CC(C)C(=O)NCCSCS(=O)(=O)c1ccc(C)cc1)C(=O)O. The largest absolute Gasteiger partial charge is 0.481 e. The van der Waals surface area contributed by atoms with Crippen LogP contribution >= 0.6 is 11.8 Å². The molecule has 1 rings (SSSR count). The van der Waals surface area contributed by atoms with Crippen molar-refractivity contribution in [3.63, 3.8) is 0 Å². The molecule has 0 fully saturated rings. The molecular weight excluding hydrogens is 410 g/mol. The van der Waals surface area contributed by atoms with E-state index in [1.165, 1.54) is 11.8 Å². The first kappa shape index (κ1) is 25.5. The van der Waals surface area contributed by atoms with Crippen LogP contribution in [0.15, 0.2) is 29.2 Å². The maximum atomic E-state index is 12.3. The Morgan fingerprint density at radius 3 is 2.31 bits per heavy atom. The monoisotopic (exact) mass is 443 g/mol. The molecule has 0 radical (unpaired) electrons. The van der Waals surface area contributed by atoms with Crippen LogP contribution in [-0.4, -0.2) is 42.8 Å². The summed E-state index contributed by atoms with van der Waals surface area (Å²) in [5.41, 5.74) is 1.00. The summed E-state index contributed by atoms with van der Waals surface area (Å²) in [6, 6.07) is 6.75. The molecule has 164 valence electrons. The summed E-state index contributed by atoms with van der Waals surface area (Å²) in [6.45, 7) is 8.02. The summed E-state index contributed by atoms with van der Waals surface area (Å²) in [7, 11) is -3.35. The number of rotatable bonds is 13. The molecule has 0 aromatic heterocycles. The molecule has 29 heavy (non-hydrogen) atoms. The van der Waals surface area contributed by atoms with Crippen molar-refractivity contribution in [2.75, 3.05) is 17.4 Å². The van der Waals surface area contributed by atoms with Gasteiger partial charge < -0.3 is 10.4 Å². The van der Waals surface area contributed by atoms with Crippen molar-refractivity contribution in [1.82, 2.24) is 5.32 Å². The van der Waals surface area contributed by atoms with E-state index in [9.17, 15) is 23.1 Å². The fourth-order valence-electron chi connectivity index (χ4n) is 2.89. The van der Waals surface area contributed by atoms with Crippen molar-refractivity contribution >= 4 is 33.5 Å². The number of amides is 1. The van der Waals surface area contributed by atoms with Crippen LogP contribution in [-0.2, 0) is 19.4 Å². The van der Waals surface area contributed by atoms with E-state index in [0.717, 1.165) is 12.0 Å². The Labute approximate surface area is 178 Å². The Hall–Kier alpha value is -1.54. The molecule has 3 atom stereocenters. The van der Waals surface area contributed by atoms with Gasteiger partial charge in [0.05, 0.1) is 10.8 Å². The summed E-state index contributed by atoms with van der Waals surface area (Å²) < 4.78 is 24.6. The molecule has 0 bridgehead atoms. The van der Waals surface area contributed by atoms with Gasteiger partial charge in [-0.2, -0.15) is 0 Å². The van der Waals surface area contributed by atoms with Crippen molar-refractivity contribution in [2.24, 2.45) is 17.8 Å². The third kappa shape index (κ3) is 9.21. The lowest BCUT2D eigenvalue weighted by Gasteiger charge is -2.20. The molecule has 1 aromatic carbocycles. The molecular formula is C21H33NO5S2. The van der Waals surface area contributed by atoms with Gasteiger partial charge in [-0.15, -0.1) is 11.8 Å². The summed E-state index contributed by atoms with van der Waals surface area (Å²) in [5.74, 6) is -1.21. The summed E-state index contributed by atoms with van der Waals surface area (Å²) >= 11 is 1.25. The molecule has 0 spiro atoms. The van der Waals surface area contributed by atoms with E-state index in [1.54, 1.807) is 31.2 Å². The number of aliphatic carboxylic acids is 1. The van der Waals surface area contributed by atoms with Gasteiger partial charge in [-0.3, -0.25) is 9.59 Å².